The van der Waals surface area contributed by atoms with E-state index in [-0.39, 0.29) is 12.5 Å². The number of carbonyl (C=O) groups is 1. The summed E-state index contributed by atoms with van der Waals surface area (Å²) in [5, 5.41) is 2.90. The van der Waals surface area contributed by atoms with E-state index in [1.54, 1.807) is 0 Å². The first kappa shape index (κ1) is 15.6. The highest BCUT2D eigenvalue weighted by Gasteiger charge is 2.09. The minimum absolute atomic E-state index is 0.00589. The molecule has 0 aliphatic rings. The second-order valence-corrected chi connectivity index (χ2v) is 5.95. The molecule has 0 heterocycles. The van der Waals surface area contributed by atoms with Crippen molar-refractivity contribution < 1.29 is 9.53 Å². The topological polar surface area (TPSA) is 38.3 Å². The average Bonchev–Trinajstić information content (AvgIpc) is 2.47. The highest BCUT2D eigenvalue weighted by molar-refractivity contribution is 9.10. The van der Waals surface area contributed by atoms with Crippen molar-refractivity contribution in [1.29, 1.82) is 0 Å². The number of amides is 1. The lowest BCUT2D eigenvalue weighted by Gasteiger charge is -2.14. The smallest absolute Gasteiger partial charge is 0.262 e. The molecule has 0 unspecified atom stereocenters. The zero-order chi connectivity index (χ0) is 15.2. The van der Waals surface area contributed by atoms with Gasteiger partial charge in [-0.15, -0.1) is 0 Å². The third-order valence-corrected chi connectivity index (χ3v) is 3.57. The number of rotatable bonds is 5. The molecule has 2 aromatic carbocycles. The predicted molar refractivity (Wildman–Crippen MR) is 88.8 cm³/mol. The van der Waals surface area contributed by atoms with E-state index in [2.05, 4.69) is 35.1 Å². The Hall–Kier alpha value is -1.81. The number of hydrogen-bond acceptors (Lipinski definition) is 2. The van der Waals surface area contributed by atoms with Crippen LogP contribution in [0, 0.1) is 0 Å². The lowest BCUT2D eigenvalue weighted by Crippen LogP contribution is -2.21. The molecular formula is C17H18BrNO2. The summed E-state index contributed by atoms with van der Waals surface area (Å²) in [5.74, 6) is 0.866. The van der Waals surface area contributed by atoms with Gasteiger partial charge in [-0.1, -0.05) is 48.0 Å². The van der Waals surface area contributed by atoms with Crippen LogP contribution in [0.5, 0.6) is 5.75 Å². The standard InChI is InChI=1S/C17H18BrNO2/c1-12(2)15-5-3-4-6-16(15)19-17(20)11-21-14-9-7-13(18)8-10-14/h3-10,12H,11H2,1-2H3,(H,19,20). The zero-order valence-electron chi connectivity index (χ0n) is 12.1. The van der Waals surface area contributed by atoms with Gasteiger partial charge in [0.05, 0.1) is 0 Å². The summed E-state index contributed by atoms with van der Waals surface area (Å²) in [7, 11) is 0. The monoisotopic (exact) mass is 347 g/mol. The Morgan fingerprint density at radius 1 is 1.14 bits per heavy atom. The summed E-state index contributed by atoms with van der Waals surface area (Å²) in [5.41, 5.74) is 1.96. The van der Waals surface area contributed by atoms with E-state index in [1.165, 1.54) is 0 Å². The lowest BCUT2D eigenvalue weighted by atomic mass is 10.0. The minimum Gasteiger partial charge on any atom is -0.484 e. The molecule has 2 aromatic rings. The van der Waals surface area contributed by atoms with Crippen LogP contribution in [0.2, 0.25) is 0 Å². The molecule has 1 N–H and O–H groups in total. The molecule has 0 spiro atoms. The summed E-state index contributed by atoms with van der Waals surface area (Å²) in [6.07, 6.45) is 0. The molecule has 0 aromatic heterocycles. The number of hydrogen-bond donors (Lipinski definition) is 1. The molecule has 0 radical (unpaired) electrons. The second-order valence-electron chi connectivity index (χ2n) is 5.03. The van der Waals surface area contributed by atoms with Gasteiger partial charge in [-0.3, -0.25) is 4.79 Å². The van der Waals surface area contributed by atoms with Gasteiger partial charge in [-0.2, -0.15) is 0 Å². The Morgan fingerprint density at radius 2 is 1.81 bits per heavy atom. The van der Waals surface area contributed by atoms with Crippen LogP contribution in [0.15, 0.2) is 53.0 Å². The third-order valence-electron chi connectivity index (χ3n) is 3.04. The molecule has 110 valence electrons. The molecule has 0 saturated carbocycles. The van der Waals surface area contributed by atoms with Gasteiger partial charge in [0.2, 0.25) is 0 Å². The number of ether oxygens (including phenoxy) is 1. The van der Waals surface area contributed by atoms with E-state index in [0.717, 1.165) is 15.7 Å². The highest BCUT2D eigenvalue weighted by Crippen LogP contribution is 2.23. The molecule has 1 amide bonds. The van der Waals surface area contributed by atoms with Gasteiger partial charge in [0, 0.05) is 10.2 Å². The van der Waals surface area contributed by atoms with E-state index < -0.39 is 0 Å². The summed E-state index contributed by atoms with van der Waals surface area (Å²) in [6, 6.07) is 15.2. The molecule has 0 saturated heterocycles. The van der Waals surface area contributed by atoms with Crippen molar-refractivity contribution in [3.05, 3.63) is 58.6 Å². The second kappa shape index (κ2) is 7.27. The van der Waals surface area contributed by atoms with Crippen LogP contribution in [-0.4, -0.2) is 12.5 Å². The van der Waals surface area contributed by atoms with Crippen molar-refractivity contribution in [1.82, 2.24) is 0 Å². The van der Waals surface area contributed by atoms with Crippen molar-refractivity contribution in [2.75, 3.05) is 11.9 Å². The molecule has 21 heavy (non-hydrogen) atoms. The molecular weight excluding hydrogens is 330 g/mol. The molecule has 0 aliphatic heterocycles. The van der Waals surface area contributed by atoms with Crippen molar-refractivity contribution >= 4 is 27.5 Å². The predicted octanol–water partition coefficient (Wildman–Crippen LogP) is 4.59. The van der Waals surface area contributed by atoms with Gasteiger partial charge in [0.1, 0.15) is 5.75 Å². The Kier molecular flexibility index (Phi) is 5.39. The van der Waals surface area contributed by atoms with Gasteiger partial charge in [-0.25, -0.2) is 0 Å². The van der Waals surface area contributed by atoms with Crippen LogP contribution in [0.4, 0.5) is 5.69 Å². The van der Waals surface area contributed by atoms with Crippen molar-refractivity contribution in [2.24, 2.45) is 0 Å². The molecule has 0 fully saturated rings. The largest absolute Gasteiger partial charge is 0.484 e. The third kappa shape index (κ3) is 4.60. The fourth-order valence-electron chi connectivity index (χ4n) is 1.98. The van der Waals surface area contributed by atoms with Crippen LogP contribution >= 0.6 is 15.9 Å². The number of benzene rings is 2. The number of anilines is 1. The first-order valence-electron chi connectivity index (χ1n) is 6.83. The minimum atomic E-state index is -0.161. The van der Waals surface area contributed by atoms with Crippen LogP contribution in [0.25, 0.3) is 0 Å². The van der Waals surface area contributed by atoms with Crippen molar-refractivity contribution in [3.63, 3.8) is 0 Å². The number of carbonyl (C=O) groups excluding carboxylic acids is 1. The number of halogens is 1. The van der Waals surface area contributed by atoms with E-state index in [1.807, 2.05) is 48.5 Å². The van der Waals surface area contributed by atoms with Gasteiger partial charge in [-0.05, 0) is 41.8 Å². The highest BCUT2D eigenvalue weighted by atomic mass is 79.9. The maximum Gasteiger partial charge on any atom is 0.262 e. The molecule has 0 atom stereocenters. The summed E-state index contributed by atoms with van der Waals surface area (Å²) < 4.78 is 6.44. The first-order valence-corrected chi connectivity index (χ1v) is 7.62. The van der Waals surface area contributed by atoms with E-state index in [9.17, 15) is 4.79 Å². The molecule has 0 bridgehead atoms. The first-order chi connectivity index (χ1) is 10.1. The van der Waals surface area contributed by atoms with Crippen molar-refractivity contribution in [3.8, 4) is 5.75 Å². The SMILES string of the molecule is CC(C)c1ccccc1NC(=O)COc1ccc(Br)cc1. The zero-order valence-corrected chi connectivity index (χ0v) is 13.7. The number of nitrogens with one attached hydrogen (secondary N) is 1. The average molecular weight is 348 g/mol. The van der Waals surface area contributed by atoms with Crippen molar-refractivity contribution in [2.45, 2.75) is 19.8 Å². The fourth-order valence-corrected chi connectivity index (χ4v) is 2.24. The van der Waals surface area contributed by atoms with Crippen LogP contribution in [-0.2, 0) is 4.79 Å². The molecule has 0 aliphatic carbocycles. The quantitative estimate of drug-likeness (QED) is 0.858. The van der Waals surface area contributed by atoms with Gasteiger partial charge < -0.3 is 10.1 Å². The van der Waals surface area contributed by atoms with Gasteiger partial charge in [0.25, 0.3) is 5.91 Å². The maximum absolute atomic E-state index is 12.0. The lowest BCUT2D eigenvalue weighted by molar-refractivity contribution is -0.118. The van der Waals surface area contributed by atoms with E-state index in [4.69, 9.17) is 4.74 Å². The van der Waals surface area contributed by atoms with Crippen LogP contribution in [0.1, 0.15) is 25.3 Å². The van der Waals surface area contributed by atoms with E-state index >= 15 is 0 Å². The maximum atomic E-state index is 12.0. The van der Waals surface area contributed by atoms with Crippen LogP contribution < -0.4 is 10.1 Å². The Balaban J connectivity index is 1.94. The summed E-state index contributed by atoms with van der Waals surface area (Å²) in [4.78, 5) is 12.0. The van der Waals surface area contributed by atoms with Gasteiger partial charge >= 0.3 is 0 Å². The van der Waals surface area contributed by atoms with E-state index in [0.29, 0.717) is 11.7 Å². The summed E-state index contributed by atoms with van der Waals surface area (Å²) in [6.45, 7) is 4.20. The Bertz CT molecular complexity index is 608. The fraction of sp³-hybridized carbons (Fsp3) is 0.235. The Labute approximate surface area is 133 Å². The van der Waals surface area contributed by atoms with Gasteiger partial charge in [0.15, 0.2) is 6.61 Å². The molecule has 3 nitrogen and oxygen atoms in total. The normalized spacial score (nSPS) is 10.5. The molecule has 4 heteroatoms. The number of para-hydroxylation sites is 1. The Morgan fingerprint density at radius 3 is 2.48 bits per heavy atom. The summed E-state index contributed by atoms with van der Waals surface area (Å²) >= 11 is 3.36. The van der Waals surface area contributed by atoms with Crippen LogP contribution in [0.3, 0.4) is 0 Å². The molecule has 2 rings (SSSR count).